The molecule has 2 atom stereocenters. The molecule has 2 unspecified atom stereocenters. The Morgan fingerprint density at radius 1 is 1.40 bits per heavy atom. The number of aromatic nitrogens is 1. The molecule has 0 amide bonds. The molecule has 2 aliphatic heterocycles. The van der Waals surface area contributed by atoms with Gasteiger partial charge in [-0.15, -0.1) is 11.3 Å². The highest BCUT2D eigenvalue weighted by Gasteiger charge is 2.40. The Labute approximate surface area is 127 Å². The van der Waals surface area contributed by atoms with Crippen LogP contribution in [0.3, 0.4) is 0 Å². The molecule has 20 heavy (non-hydrogen) atoms. The number of thioether (sulfide) groups is 1. The van der Waals surface area contributed by atoms with Gasteiger partial charge in [0.2, 0.25) is 0 Å². The average molecular weight is 306 g/mol. The molecule has 0 bridgehead atoms. The minimum Gasteiger partial charge on any atom is -0.382 e. The van der Waals surface area contributed by atoms with E-state index < -0.39 is 0 Å². The molecule has 0 aliphatic carbocycles. The van der Waals surface area contributed by atoms with Crippen molar-refractivity contribution < 1.29 is 4.74 Å². The Bertz CT molecular complexity index is 607. The second-order valence-electron chi connectivity index (χ2n) is 5.70. The van der Waals surface area contributed by atoms with Gasteiger partial charge in [-0.2, -0.15) is 11.8 Å². The van der Waals surface area contributed by atoms with Crippen molar-refractivity contribution in [3.63, 3.8) is 0 Å². The van der Waals surface area contributed by atoms with E-state index in [-0.39, 0.29) is 5.60 Å². The van der Waals surface area contributed by atoms with E-state index >= 15 is 0 Å². The molecule has 106 valence electrons. The molecule has 5 heteroatoms. The van der Waals surface area contributed by atoms with Crippen molar-refractivity contribution in [2.24, 2.45) is 0 Å². The van der Waals surface area contributed by atoms with Crippen LogP contribution in [0.2, 0.25) is 0 Å². The van der Waals surface area contributed by atoms with Gasteiger partial charge in [0.25, 0.3) is 0 Å². The predicted molar refractivity (Wildman–Crippen MR) is 86.9 cm³/mol. The average Bonchev–Trinajstić information content (AvgIpc) is 3.08. The number of benzene rings is 1. The highest BCUT2D eigenvalue weighted by atomic mass is 32.2. The minimum atomic E-state index is 0.148. The van der Waals surface area contributed by atoms with Gasteiger partial charge >= 0.3 is 0 Å². The van der Waals surface area contributed by atoms with E-state index in [1.165, 1.54) is 28.3 Å². The number of thiazole rings is 1. The van der Waals surface area contributed by atoms with E-state index in [4.69, 9.17) is 4.74 Å². The Morgan fingerprint density at radius 3 is 3.30 bits per heavy atom. The first-order chi connectivity index (χ1) is 9.83. The van der Waals surface area contributed by atoms with Crippen LogP contribution < -0.4 is 5.32 Å². The van der Waals surface area contributed by atoms with Crippen LogP contribution in [0.15, 0.2) is 23.7 Å². The molecule has 3 heterocycles. The normalized spacial score (nSPS) is 30.1. The van der Waals surface area contributed by atoms with Gasteiger partial charge in [0.05, 0.1) is 21.3 Å². The van der Waals surface area contributed by atoms with Crippen molar-refractivity contribution in [2.45, 2.75) is 30.9 Å². The van der Waals surface area contributed by atoms with Gasteiger partial charge in [0.15, 0.2) is 0 Å². The second-order valence-corrected chi connectivity index (χ2v) is 7.69. The van der Waals surface area contributed by atoms with Crippen molar-refractivity contribution in [1.82, 2.24) is 4.98 Å². The fraction of sp³-hybridized carbons (Fsp3) is 0.533. The third-order valence-electron chi connectivity index (χ3n) is 4.26. The largest absolute Gasteiger partial charge is 0.382 e. The summed E-state index contributed by atoms with van der Waals surface area (Å²) < 4.78 is 7.34. The minimum absolute atomic E-state index is 0.148. The fourth-order valence-corrected chi connectivity index (χ4v) is 5.29. The summed E-state index contributed by atoms with van der Waals surface area (Å²) in [7, 11) is 0. The Kier molecular flexibility index (Phi) is 3.36. The summed E-state index contributed by atoms with van der Waals surface area (Å²) in [6.45, 7) is 0.890. The first-order valence-electron chi connectivity index (χ1n) is 7.15. The van der Waals surface area contributed by atoms with Crippen LogP contribution in [0.4, 0.5) is 5.69 Å². The molecule has 1 aromatic heterocycles. The molecule has 2 aliphatic rings. The summed E-state index contributed by atoms with van der Waals surface area (Å²) in [4.78, 5) is 4.33. The van der Waals surface area contributed by atoms with Crippen LogP contribution >= 0.6 is 23.1 Å². The number of rotatable bonds is 2. The molecule has 4 rings (SSSR count). The van der Waals surface area contributed by atoms with Crippen molar-refractivity contribution in [1.29, 1.82) is 0 Å². The molecule has 1 N–H and O–H groups in total. The van der Waals surface area contributed by atoms with E-state index in [0.29, 0.717) is 6.04 Å². The third-order valence-corrected chi connectivity index (χ3v) is 6.28. The fourth-order valence-electron chi connectivity index (χ4n) is 3.19. The van der Waals surface area contributed by atoms with E-state index in [1.54, 1.807) is 11.3 Å². The predicted octanol–water partition coefficient (Wildman–Crippen LogP) is 3.76. The molecule has 0 radical (unpaired) electrons. The Hall–Kier alpha value is -0.780. The number of hydrogen-bond donors (Lipinski definition) is 1. The zero-order chi connectivity index (χ0) is 13.4. The van der Waals surface area contributed by atoms with Crippen molar-refractivity contribution in [2.75, 3.05) is 23.4 Å². The highest BCUT2D eigenvalue weighted by molar-refractivity contribution is 7.99. The quantitative estimate of drug-likeness (QED) is 0.916. The van der Waals surface area contributed by atoms with Gasteiger partial charge in [-0.05, 0) is 43.2 Å². The zero-order valence-corrected chi connectivity index (χ0v) is 12.9. The number of anilines is 1. The lowest BCUT2D eigenvalue weighted by molar-refractivity contribution is -0.0628. The van der Waals surface area contributed by atoms with Gasteiger partial charge in [-0.1, -0.05) is 0 Å². The Morgan fingerprint density at radius 2 is 2.40 bits per heavy atom. The van der Waals surface area contributed by atoms with E-state index in [2.05, 4.69) is 28.5 Å². The summed E-state index contributed by atoms with van der Waals surface area (Å²) in [5, 5.41) is 3.70. The maximum atomic E-state index is 6.08. The number of fused-ring (bicyclic) bond motifs is 1. The molecule has 3 nitrogen and oxygen atoms in total. The van der Waals surface area contributed by atoms with E-state index in [9.17, 15) is 0 Å². The van der Waals surface area contributed by atoms with Crippen molar-refractivity contribution in [3.8, 4) is 0 Å². The van der Waals surface area contributed by atoms with Crippen molar-refractivity contribution >= 4 is 39.0 Å². The zero-order valence-electron chi connectivity index (χ0n) is 11.3. The molecular formula is C15H18N2OS2. The maximum Gasteiger partial charge on any atom is 0.0813 e. The maximum absolute atomic E-state index is 6.08. The highest BCUT2D eigenvalue weighted by Crippen LogP contribution is 2.39. The van der Waals surface area contributed by atoms with E-state index in [1.807, 2.05) is 17.3 Å². The summed E-state index contributed by atoms with van der Waals surface area (Å²) in [6, 6.07) is 7.01. The van der Waals surface area contributed by atoms with Crippen LogP contribution in [-0.4, -0.2) is 34.7 Å². The summed E-state index contributed by atoms with van der Waals surface area (Å²) in [5.41, 5.74) is 4.37. The molecule has 1 aromatic carbocycles. The lowest BCUT2D eigenvalue weighted by Gasteiger charge is -2.38. The number of ether oxygens (including phenoxy) is 1. The lowest BCUT2D eigenvalue weighted by Crippen LogP contribution is -2.44. The molecule has 2 aromatic rings. The number of hydrogen-bond acceptors (Lipinski definition) is 5. The monoisotopic (exact) mass is 306 g/mol. The van der Waals surface area contributed by atoms with Gasteiger partial charge in [-0.3, -0.25) is 0 Å². The van der Waals surface area contributed by atoms with Crippen LogP contribution in [0.25, 0.3) is 10.2 Å². The summed E-state index contributed by atoms with van der Waals surface area (Å²) in [5.74, 6) is 2.42. The number of nitrogens with zero attached hydrogens (tertiary/aromatic N) is 1. The molecule has 2 saturated heterocycles. The summed E-state index contributed by atoms with van der Waals surface area (Å²) >= 11 is 3.73. The van der Waals surface area contributed by atoms with Crippen LogP contribution in [0, 0.1) is 0 Å². The lowest BCUT2D eigenvalue weighted by atomic mass is 9.90. The molecule has 0 saturated carbocycles. The van der Waals surface area contributed by atoms with Gasteiger partial charge in [-0.25, -0.2) is 4.98 Å². The van der Waals surface area contributed by atoms with Crippen LogP contribution in [-0.2, 0) is 4.74 Å². The third kappa shape index (κ3) is 2.43. The first kappa shape index (κ1) is 12.9. The number of nitrogens with one attached hydrogen (secondary N) is 1. The second kappa shape index (κ2) is 5.20. The molecule has 1 spiro atoms. The molecule has 2 fully saturated rings. The topological polar surface area (TPSA) is 34.2 Å². The molecular weight excluding hydrogens is 288 g/mol. The summed E-state index contributed by atoms with van der Waals surface area (Å²) in [6.07, 6.45) is 3.46. The van der Waals surface area contributed by atoms with Gasteiger partial charge in [0.1, 0.15) is 0 Å². The SMILES string of the molecule is c1nc2ccc(NC3CCOC4(CCSC4)C3)cc2s1. The van der Waals surface area contributed by atoms with Crippen LogP contribution in [0.1, 0.15) is 19.3 Å². The smallest absolute Gasteiger partial charge is 0.0813 e. The van der Waals surface area contributed by atoms with Gasteiger partial charge < -0.3 is 10.1 Å². The van der Waals surface area contributed by atoms with Crippen molar-refractivity contribution in [3.05, 3.63) is 23.7 Å². The standard InChI is InChI=1S/C15H18N2OS2/c1-2-13-14(20-10-16-13)7-11(1)17-12-3-5-18-15(8-12)4-6-19-9-15/h1-2,7,10,12,17H,3-6,8-9H2. The van der Waals surface area contributed by atoms with Gasteiger partial charge in [0, 0.05) is 24.1 Å². The van der Waals surface area contributed by atoms with E-state index in [0.717, 1.165) is 25.0 Å². The first-order valence-corrected chi connectivity index (χ1v) is 9.18. The van der Waals surface area contributed by atoms with Crippen LogP contribution in [0.5, 0.6) is 0 Å². The Balaban J connectivity index is 1.50.